The van der Waals surface area contributed by atoms with Crippen molar-refractivity contribution in [2.75, 3.05) is 14.2 Å². The highest BCUT2D eigenvalue weighted by Gasteiger charge is 2.26. The molecule has 6 nitrogen and oxygen atoms in total. The summed E-state index contributed by atoms with van der Waals surface area (Å²) >= 11 is 6.22. The third-order valence-corrected chi connectivity index (χ3v) is 4.92. The van der Waals surface area contributed by atoms with E-state index < -0.39 is 6.04 Å². The molecule has 0 aliphatic carbocycles. The Balaban J connectivity index is 2.16. The Labute approximate surface area is 176 Å². The number of carbonyl (C=O) groups is 2. The second kappa shape index (κ2) is 10.2. The summed E-state index contributed by atoms with van der Waals surface area (Å²) in [7, 11) is 3.02. The van der Waals surface area contributed by atoms with Crippen molar-refractivity contribution in [2.24, 2.45) is 5.92 Å². The van der Waals surface area contributed by atoms with Crippen molar-refractivity contribution in [2.45, 2.75) is 32.9 Å². The zero-order valence-corrected chi connectivity index (χ0v) is 18.0. The van der Waals surface area contributed by atoms with Crippen LogP contribution in [-0.2, 0) is 4.79 Å². The molecule has 2 rings (SSSR count). The van der Waals surface area contributed by atoms with E-state index in [2.05, 4.69) is 10.6 Å². The van der Waals surface area contributed by atoms with Crippen LogP contribution in [0.3, 0.4) is 0 Å². The summed E-state index contributed by atoms with van der Waals surface area (Å²) in [6, 6.07) is 11.2. The molecule has 29 heavy (non-hydrogen) atoms. The maximum Gasteiger partial charge on any atom is 0.252 e. The predicted octanol–water partition coefficient (Wildman–Crippen LogP) is 3.99. The van der Waals surface area contributed by atoms with Crippen molar-refractivity contribution in [1.82, 2.24) is 10.6 Å². The van der Waals surface area contributed by atoms with E-state index in [1.165, 1.54) is 14.2 Å². The number of hydrogen-bond donors (Lipinski definition) is 2. The summed E-state index contributed by atoms with van der Waals surface area (Å²) in [6.07, 6.45) is 0. The average molecular weight is 419 g/mol. The number of rotatable bonds is 8. The molecule has 0 heterocycles. The van der Waals surface area contributed by atoms with E-state index in [-0.39, 0.29) is 23.8 Å². The maximum atomic E-state index is 12.9. The first-order chi connectivity index (χ1) is 13.8. The molecule has 0 spiro atoms. The van der Waals surface area contributed by atoms with Gasteiger partial charge >= 0.3 is 0 Å². The van der Waals surface area contributed by atoms with Crippen LogP contribution in [0.5, 0.6) is 11.5 Å². The molecule has 2 N–H and O–H groups in total. The summed E-state index contributed by atoms with van der Waals surface area (Å²) in [6.45, 7) is 5.60. The number of amides is 2. The van der Waals surface area contributed by atoms with E-state index in [0.29, 0.717) is 22.1 Å². The van der Waals surface area contributed by atoms with E-state index in [9.17, 15) is 9.59 Å². The van der Waals surface area contributed by atoms with Crippen LogP contribution in [0.2, 0.25) is 5.02 Å². The van der Waals surface area contributed by atoms with Gasteiger partial charge in [-0.25, -0.2) is 0 Å². The Hall–Kier alpha value is -2.73. The normalized spacial score (nSPS) is 12.8. The van der Waals surface area contributed by atoms with Gasteiger partial charge in [0.25, 0.3) is 5.91 Å². The van der Waals surface area contributed by atoms with Gasteiger partial charge in [0.1, 0.15) is 17.5 Å². The lowest BCUT2D eigenvalue weighted by atomic mass is 10.0. The van der Waals surface area contributed by atoms with E-state index >= 15 is 0 Å². The molecule has 2 aromatic carbocycles. The highest BCUT2D eigenvalue weighted by atomic mass is 35.5. The maximum absolute atomic E-state index is 12.9. The van der Waals surface area contributed by atoms with Crippen molar-refractivity contribution >= 4 is 23.4 Å². The predicted molar refractivity (Wildman–Crippen MR) is 114 cm³/mol. The van der Waals surface area contributed by atoms with Gasteiger partial charge in [-0.05, 0) is 36.6 Å². The Morgan fingerprint density at radius 3 is 2.03 bits per heavy atom. The first-order valence-corrected chi connectivity index (χ1v) is 9.73. The van der Waals surface area contributed by atoms with Crippen molar-refractivity contribution in [3.8, 4) is 11.5 Å². The van der Waals surface area contributed by atoms with Crippen LogP contribution >= 0.6 is 11.6 Å². The number of carbonyl (C=O) groups excluding carboxylic acids is 2. The minimum atomic E-state index is -0.718. The second-order valence-corrected chi connectivity index (χ2v) is 7.46. The minimum absolute atomic E-state index is 0.120. The van der Waals surface area contributed by atoms with Crippen LogP contribution in [0, 0.1) is 5.92 Å². The van der Waals surface area contributed by atoms with Crippen LogP contribution in [0.1, 0.15) is 42.7 Å². The Morgan fingerprint density at radius 2 is 1.52 bits per heavy atom. The summed E-state index contributed by atoms with van der Waals surface area (Å²) < 4.78 is 10.4. The van der Waals surface area contributed by atoms with E-state index in [4.69, 9.17) is 21.1 Å². The van der Waals surface area contributed by atoms with Gasteiger partial charge in [-0.15, -0.1) is 0 Å². The average Bonchev–Trinajstić information content (AvgIpc) is 2.71. The topological polar surface area (TPSA) is 76.7 Å². The van der Waals surface area contributed by atoms with Gasteiger partial charge in [0.15, 0.2) is 0 Å². The molecular weight excluding hydrogens is 392 g/mol. The molecule has 0 aliphatic rings. The second-order valence-electron chi connectivity index (χ2n) is 7.05. The standard InChI is InChI=1S/C22H27ClN2O4/c1-13(2)20(22(27)24-14(3)18-8-6-7-9-19(18)23)25-21(26)15-10-16(28-4)12-17(11-15)29-5/h6-14,20H,1-5H3,(H,24,27)(H,25,26). The lowest BCUT2D eigenvalue weighted by Crippen LogP contribution is -2.50. The van der Waals surface area contributed by atoms with Crippen molar-refractivity contribution in [3.63, 3.8) is 0 Å². The zero-order valence-electron chi connectivity index (χ0n) is 17.3. The van der Waals surface area contributed by atoms with Crippen LogP contribution in [0.4, 0.5) is 0 Å². The third-order valence-electron chi connectivity index (χ3n) is 4.58. The number of benzene rings is 2. The fraction of sp³-hybridized carbons (Fsp3) is 0.364. The molecule has 0 fully saturated rings. The molecule has 7 heteroatoms. The minimum Gasteiger partial charge on any atom is -0.497 e. The number of nitrogens with one attached hydrogen (secondary N) is 2. The molecule has 0 aromatic heterocycles. The zero-order chi connectivity index (χ0) is 21.6. The summed E-state index contributed by atoms with van der Waals surface area (Å²) in [5, 5.41) is 6.32. The van der Waals surface area contributed by atoms with Gasteiger partial charge in [0.05, 0.1) is 20.3 Å². The van der Waals surface area contributed by atoms with Crippen LogP contribution < -0.4 is 20.1 Å². The molecular formula is C22H27ClN2O4. The highest BCUT2D eigenvalue weighted by molar-refractivity contribution is 6.31. The molecule has 2 atom stereocenters. The van der Waals surface area contributed by atoms with Gasteiger partial charge in [-0.1, -0.05) is 43.6 Å². The fourth-order valence-electron chi connectivity index (χ4n) is 2.91. The summed E-state index contributed by atoms with van der Waals surface area (Å²) in [5.74, 6) is 0.196. The van der Waals surface area contributed by atoms with Crippen molar-refractivity contribution in [1.29, 1.82) is 0 Å². The van der Waals surface area contributed by atoms with Gasteiger partial charge in [-0.2, -0.15) is 0 Å². The number of methoxy groups -OCH3 is 2. The number of halogens is 1. The van der Waals surface area contributed by atoms with Crippen molar-refractivity contribution < 1.29 is 19.1 Å². The Kier molecular flexibility index (Phi) is 7.91. The number of ether oxygens (including phenoxy) is 2. The summed E-state index contributed by atoms with van der Waals surface area (Å²) in [5.41, 5.74) is 1.16. The smallest absolute Gasteiger partial charge is 0.252 e. The quantitative estimate of drug-likeness (QED) is 0.679. The van der Waals surface area contributed by atoms with E-state index in [1.54, 1.807) is 24.3 Å². The molecule has 0 saturated heterocycles. The molecule has 2 unspecified atom stereocenters. The van der Waals surface area contributed by atoms with Gasteiger partial charge < -0.3 is 20.1 Å². The van der Waals surface area contributed by atoms with Crippen LogP contribution in [0.15, 0.2) is 42.5 Å². The van der Waals surface area contributed by atoms with Crippen molar-refractivity contribution in [3.05, 3.63) is 58.6 Å². The van der Waals surface area contributed by atoms with Gasteiger partial charge in [0, 0.05) is 16.7 Å². The third kappa shape index (κ3) is 5.87. The molecule has 156 valence electrons. The monoisotopic (exact) mass is 418 g/mol. The van der Waals surface area contributed by atoms with Gasteiger partial charge in [0.2, 0.25) is 5.91 Å². The van der Waals surface area contributed by atoms with E-state index in [1.807, 2.05) is 39.0 Å². The van der Waals surface area contributed by atoms with E-state index in [0.717, 1.165) is 5.56 Å². The van der Waals surface area contributed by atoms with Gasteiger partial charge in [-0.3, -0.25) is 9.59 Å². The summed E-state index contributed by atoms with van der Waals surface area (Å²) in [4.78, 5) is 25.7. The van der Waals surface area contributed by atoms with Crippen LogP contribution in [0.25, 0.3) is 0 Å². The molecule has 2 aromatic rings. The largest absolute Gasteiger partial charge is 0.497 e. The fourth-order valence-corrected chi connectivity index (χ4v) is 3.20. The lowest BCUT2D eigenvalue weighted by molar-refractivity contribution is -0.124. The highest BCUT2D eigenvalue weighted by Crippen LogP contribution is 2.24. The molecule has 0 aliphatic heterocycles. The first-order valence-electron chi connectivity index (χ1n) is 9.35. The lowest BCUT2D eigenvalue weighted by Gasteiger charge is -2.24. The molecule has 0 radical (unpaired) electrons. The Morgan fingerprint density at radius 1 is 0.931 bits per heavy atom. The van der Waals surface area contributed by atoms with Crippen LogP contribution in [-0.4, -0.2) is 32.1 Å². The SMILES string of the molecule is COc1cc(OC)cc(C(=O)NC(C(=O)NC(C)c2ccccc2Cl)C(C)C)c1. The number of hydrogen-bond acceptors (Lipinski definition) is 4. The molecule has 2 amide bonds. The molecule has 0 bridgehead atoms. The molecule has 0 saturated carbocycles. The first kappa shape index (κ1) is 22.6. The Bertz CT molecular complexity index is 847.